The molecule has 0 saturated carbocycles. The van der Waals surface area contributed by atoms with Crippen LogP contribution in [0.4, 0.5) is 0 Å². The lowest BCUT2D eigenvalue weighted by molar-refractivity contribution is -0.0797. The summed E-state index contributed by atoms with van der Waals surface area (Å²) in [5, 5.41) is 9.91. The molecule has 0 aliphatic rings. The third-order valence-electron chi connectivity index (χ3n) is 2.88. The van der Waals surface area contributed by atoms with E-state index < -0.39 is 11.7 Å². The van der Waals surface area contributed by atoms with Crippen LogP contribution in [0.25, 0.3) is 0 Å². The molecule has 1 unspecified atom stereocenters. The van der Waals surface area contributed by atoms with Gasteiger partial charge in [-0.25, -0.2) is 0 Å². The molecule has 0 spiro atoms. The monoisotopic (exact) mass is 208 g/mol. The van der Waals surface area contributed by atoms with Gasteiger partial charge >= 0.3 is 0 Å². The first-order valence-electron chi connectivity index (χ1n) is 5.33. The molecule has 0 heterocycles. The van der Waals surface area contributed by atoms with Gasteiger partial charge < -0.3 is 9.84 Å². The maximum atomic E-state index is 9.91. The van der Waals surface area contributed by atoms with Gasteiger partial charge in [0.2, 0.25) is 0 Å². The zero-order valence-electron chi connectivity index (χ0n) is 9.73. The van der Waals surface area contributed by atoms with Crippen molar-refractivity contribution in [1.29, 1.82) is 0 Å². The van der Waals surface area contributed by atoms with E-state index in [2.05, 4.69) is 12.1 Å². The molecule has 0 aromatic heterocycles. The Morgan fingerprint density at radius 3 is 2.40 bits per heavy atom. The number of methoxy groups -OCH3 is 1. The summed E-state index contributed by atoms with van der Waals surface area (Å²) in [4.78, 5) is 0. The van der Waals surface area contributed by atoms with Crippen molar-refractivity contribution in [2.24, 2.45) is 0 Å². The summed E-state index contributed by atoms with van der Waals surface area (Å²) in [5.74, 6) is 0. The number of aliphatic hydroxyl groups is 1. The lowest BCUT2D eigenvalue weighted by Gasteiger charge is -2.29. The van der Waals surface area contributed by atoms with Crippen LogP contribution in [-0.2, 0) is 11.2 Å². The molecule has 1 N–H and O–H groups in total. The second-order valence-corrected chi connectivity index (χ2v) is 4.35. The van der Waals surface area contributed by atoms with Crippen molar-refractivity contribution in [2.75, 3.05) is 7.11 Å². The highest BCUT2D eigenvalue weighted by Crippen LogP contribution is 2.18. The fourth-order valence-corrected chi connectivity index (χ4v) is 1.43. The van der Waals surface area contributed by atoms with Crippen LogP contribution >= 0.6 is 0 Å². The molecule has 0 saturated heterocycles. The minimum Gasteiger partial charge on any atom is -0.390 e. The number of hydrogen-bond acceptors (Lipinski definition) is 2. The third-order valence-corrected chi connectivity index (χ3v) is 2.88. The summed E-state index contributed by atoms with van der Waals surface area (Å²) in [7, 11) is 1.63. The molecule has 1 rings (SSSR count). The number of ether oxygens (including phenoxy) is 1. The van der Waals surface area contributed by atoms with Gasteiger partial charge in [0.1, 0.15) is 0 Å². The van der Waals surface area contributed by atoms with Crippen LogP contribution in [-0.4, -0.2) is 23.9 Å². The average Bonchev–Trinajstić information content (AvgIpc) is 2.27. The van der Waals surface area contributed by atoms with Gasteiger partial charge in [-0.3, -0.25) is 0 Å². The van der Waals surface area contributed by atoms with Gasteiger partial charge in [-0.1, -0.05) is 30.3 Å². The Morgan fingerprint density at radius 1 is 1.27 bits per heavy atom. The molecule has 2 nitrogen and oxygen atoms in total. The molecule has 0 amide bonds. The van der Waals surface area contributed by atoms with E-state index in [-0.39, 0.29) is 0 Å². The zero-order chi connectivity index (χ0) is 11.3. The Morgan fingerprint density at radius 2 is 1.87 bits per heavy atom. The van der Waals surface area contributed by atoms with Crippen LogP contribution in [0, 0.1) is 0 Å². The van der Waals surface area contributed by atoms with Crippen LogP contribution in [0.3, 0.4) is 0 Å². The van der Waals surface area contributed by atoms with Crippen molar-refractivity contribution >= 4 is 0 Å². The number of aliphatic hydroxyl groups excluding tert-OH is 1. The summed E-state index contributed by atoms with van der Waals surface area (Å²) in [6.07, 6.45) is 1.18. The van der Waals surface area contributed by atoms with E-state index in [1.165, 1.54) is 5.56 Å². The van der Waals surface area contributed by atoms with E-state index in [1.54, 1.807) is 7.11 Å². The molecule has 1 aromatic carbocycles. The van der Waals surface area contributed by atoms with Gasteiger partial charge in [0, 0.05) is 7.11 Å². The highest BCUT2D eigenvalue weighted by Gasteiger charge is 2.26. The van der Waals surface area contributed by atoms with E-state index in [4.69, 9.17) is 4.74 Å². The first-order chi connectivity index (χ1) is 7.06. The largest absolute Gasteiger partial charge is 0.390 e. The summed E-state index contributed by atoms with van der Waals surface area (Å²) < 4.78 is 5.24. The molecule has 15 heavy (non-hydrogen) atoms. The normalized spacial score (nSPS) is 13.9. The van der Waals surface area contributed by atoms with Crippen molar-refractivity contribution < 1.29 is 9.84 Å². The van der Waals surface area contributed by atoms with Crippen molar-refractivity contribution in [2.45, 2.75) is 38.4 Å². The van der Waals surface area contributed by atoms with Crippen LogP contribution in [0.2, 0.25) is 0 Å². The van der Waals surface area contributed by atoms with Gasteiger partial charge in [0.05, 0.1) is 11.7 Å². The number of hydrogen-bond donors (Lipinski definition) is 1. The number of rotatable bonds is 5. The summed E-state index contributed by atoms with van der Waals surface area (Å²) in [6, 6.07) is 10.2. The summed E-state index contributed by atoms with van der Waals surface area (Å²) >= 11 is 0. The molecule has 1 atom stereocenters. The van der Waals surface area contributed by atoms with Gasteiger partial charge in [-0.05, 0) is 32.3 Å². The smallest absolute Gasteiger partial charge is 0.0880 e. The van der Waals surface area contributed by atoms with Gasteiger partial charge in [0.25, 0.3) is 0 Å². The lowest BCUT2D eigenvalue weighted by atomic mass is 9.95. The predicted octanol–water partition coefficient (Wildman–Crippen LogP) is 2.41. The molecule has 0 fully saturated rings. The lowest BCUT2D eigenvalue weighted by Crippen LogP contribution is -2.38. The molecular weight excluding hydrogens is 188 g/mol. The first kappa shape index (κ1) is 12.2. The second-order valence-electron chi connectivity index (χ2n) is 4.35. The third kappa shape index (κ3) is 3.65. The van der Waals surface area contributed by atoms with Crippen molar-refractivity contribution in [3.8, 4) is 0 Å². The maximum Gasteiger partial charge on any atom is 0.0880 e. The molecule has 2 heteroatoms. The molecular formula is C13H20O2. The Hall–Kier alpha value is -0.860. The van der Waals surface area contributed by atoms with Crippen LogP contribution in [0.5, 0.6) is 0 Å². The van der Waals surface area contributed by atoms with Gasteiger partial charge in [-0.2, -0.15) is 0 Å². The average molecular weight is 208 g/mol. The van der Waals surface area contributed by atoms with Crippen LogP contribution in [0.1, 0.15) is 25.8 Å². The number of benzene rings is 1. The fourth-order valence-electron chi connectivity index (χ4n) is 1.43. The van der Waals surface area contributed by atoms with E-state index in [0.717, 1.165) is 12.8 Å². The number of aryl methyl sites for hydroxylation is 1. The Labute approximate surface area is 91.9 Å². The molecule has 84 valence electrons. The maximum absolute atomic E-state index is 9.91. The molecule has 0 aliphatic carbocycles. The molecule has 1 aromatic rings. The predicted molar refractivity (Wildman–Crippen MR) is 61.9 cm³/mol. The summed E-state index contributed by atoms with van der Waals surface area (Å²) in [6.45, 7) is 3.81. The van der Waals surface area contributed by atoms with Crippen molar-refractivity contribution in [1.82, 2.24) is 0 Å². The van der Waals surface area contributed by atoms with E-state index in [1.807, 2.05) is 32.0 Å². The standard InChI is InChI=1S/C13H20O2/c1-13(2,15-3)12(14)10-9-11-7-5-4-6-8-11/h4-8,12,14H,9-10H2,1-3H3. The SMILES string of the molecule is COC(C)(C)C(O)CCc1ccccc1. The Bertz CT molecular complexity index is 280. The van der Waals surface area contributed by atoms with Crippen molar-refractivity contribution in [3.63, 3.8) is 0 Å². The van der Waals surface area contributed by atoms with Gasteiger partial charge in [0.15, 0.2) is 0 Å². The highest BCUT2D eigenvalue weighted by atomic mass is 16.5. The zero-order valence-corrected chi connectivity index (χ0v) is 9.73. The molecule has 0 aliphatic heterocycles. The minimum atomic E-state index is -0.464. The molecule has 0 bridgehead atoms. The fraction of sp³-hybridized carbons (Fsp3) is 0.538. The quantitative estimate of drug-likeness (QED) is 0.805. The topological polar surface area (TPSA) is 29.5 Å². The summed E-state index contributed by atoms with van der Waals surface area (Å²) in [5.41, 5.74) is 0.790. The van der Waals surface area contributed by atoms with E-state index >= 15 is 0 Å². The Balaban J connectivity index is 2.44. The highest BCUT2D eigenvalue weighted by molar-refractivity contribution is 5.14. The second kappa shape index (κ2) is 5.29. The minimum absolute atomic E-state index is 0.428. The first-order valence-corrected chi connectivity index (χ1v) is 5.33. The van der Waals surface area contributed by atoms with Crippen LogP contribution < -0.4 is 0 Å². The van der Waals surface area contributed by atoms with Crippen LogP contribution in [0.15, 0.2) is 30.3 Å². The van der Waals surface area contributed by atoms with E-state index in [0.29, 0.717) is 0 Å². The van der Waals surface area contributed by atoms with Crippen molar-refractivity contribution in [3.05, 3.63) is 35.9 Å². The molecule has 0 radical (unpaired) electrons. The van der Waals surface area contributed by atoms with Gasteiger partial charge in [-0.15, -0.1) is 0 Å². The van der Waals surface area contributed by atoms with E-state index in [9.17, 15) is 5.11 Å². The Kier molecular flexibility index (Phi) is 4.30.